The second-order valence-corrected chi connectivity index (χ2v) is 5.48. The molecule has 1 aliphatic carbocycles. The molecule has 0 unspecified atom stereocenters. The molecule has 2 aromatic carbocycles. The molecular formula is C16H17N. The SMILES string of the molecule is Cc1ccc2c(c1)C(C)(C)c1ccc(N)cc1-2. The molecule has 2 aromatic rings. The van der Waals surface area contributed by atoms with Gasteiger partial charge in [-0.15, -0.1) is 0 Å². The van der Waals surface area contributed by atoms with E-state index in [0.717, 1.165) is 5.69 Å². The molecule has 0 atom stereocenters. The van der Waals surface area contributed by atoms with Crippen LogP contribution in [0.15, 0.2) is 36.4 Å². The van der Waals surface area contributed by atoms with Gasteiger partial charge in [0.05, 0.1) is 0 Å². The van der Waals surface area contributed by atoms with Crippen molar-refractivity contribution in [2.45, 2.75) is 26.2 Å². The fourth-order valence-electron chi connectivity index (χ4n) is 2.88. The molecular weight excluding hydrogens is 206 g/mol. The van der Waals surface area contributed by atoms with Gasteiger partial charge in [-0.1, -0.05) is 43.7 Å². The summed E-state index contributed by atoms with van der Waals surface area (Å²) in [6.07, 6.45) is 0. The van der Waals surface area contributed by atoms with Crippen LogP contribution in [-0.4, -0.2) is 0 Å². The van der Waals surface area contributed by atoms with Gasteiger partial charge in [0.25, 0.3) is 0 Å². The molecule has 86 valence electrons. The van der Waals surface area contributed by atoms with E-state index < -0.39 is 0 Å². The van der Waals surface area contributed by atoms with Gasteiger partial charge in [0.1, 0.15) is 0 Å². The quantitative estimate of drug-likeness (QED) is 0.674. The molecule has 0 aliphatic heterocycles. The maximum absolute atomic E-state index is 5.91. The van der Waals surface area contributed by atoms with E-state index in [1.54, 1.807) is 0 Å². The highest BCUT2D eigenvalue weighted by Crippen LogP contribution is 2.49. The average molecular weight is 223 g/mol. The van der Waals surface area contributed by atoms with E-state index in [4.69, 9.17) is 5.73 Å². The molecule has 0 aromatic heterocycles. The van der Waals surface area contributed by atoms with Gasteiger partial charge in [0, 0.05) is 11.1 Å². The first-order valence-corrected chi connectivity index (χ1v) is 6.01. The smallest absolute Gasteiger partial charge is 0.0320 e. The molecule has 0 fully saturated rings. The summed E-state index contributed by atoms with van der Waals surface area (Å²) in [7, 11) is 0. The van der Waals surface area contributed by atoms with Crippen LogP contribution in [0, 0.1) is 6.92 Å². The average Bonchev–Trinajstić information content (AvgIpc) is 2.48. The second-order valence-electron chi connectivity index (χ2n) is 5.48. The van der Waals surface area contributed by atoms with E-state index >= 15 is 0 Å². The maximum Gasteiger partial charge on any atom is 0.0320 e. The third-order valence-corrected chi connectivity index (χ3v) is 3.86. The Morgan fingerprint density at radius 1 is 0.882 bits per heavy atom. The predicted molar refractivity (Wildman–Crippen MR) is 73.2 cm³/mol. The van der Waals surface area contributed by atoms with Crippen molar-refractivity contribution in [1.82, 2.24) is 0 Å². The highest BCUT2D eigenvalue weighted by molar-refractivity contribution is 5.82. The van der Waals surface area contributed by atoms with Crippen LogP contribution in [0.5, 0.6) is 0 Å². The van der Waals surface area contributed by atoms with Crippen LogP contribution < -0.4 is 5.73 Å². The molecule has 0 heterocycles. The van der Waals surface area contributed by atoms with Crippen LogP contribution in [0.4, 0.5) is 5.69 Å². The first-order valence-electron chi connectivity index (χ1n) is 6.01. The van der Waals surface area contributed by atoms with Gasteiger partial charge in [0.2, 0.25) is 0 Å². The monoisotopic (exact) mass is 223 g/mol. The molecule has 1 heteroatoms. The topological polar surface area (TPSA) is 26.0 Å². The summed E-state index contributed by atoms with van der Waals surface area (Å²) >= 11 is 0. The molecule has 1 aliphatic rings. The van der Waals surface area contributed by atoms with Gasteiger partial charge in [-0.05, 0) is 41.3 Å². The van der Waals surface area contributed by atoms with Crippen LogP contribution in [0.2, 0.25) is 0 Å². The van der Waals surface area contributed by atoms with Gasteiger partial charge in [0.15, 0.2) is 0 Å². The zero-order valence-corrected chi connectivity index (χ0v) is 10.5. The molecule has 1 nitrogen and oxygen atoms in total. The Morgan fingerprint density at radius 2 is 1.65 bits per heavy atom. The lowest BCUT2D eigenvalue weighted by molar-refractivity contribution is 0.660. The summed E-state index contributed by atoms with van der Waals surface area (Å²) in [6.45, 7) is 6.72. The fraction of sp³-hybridized carbons (Fsp3) is 0.250. The van der Waals surface area contributed by atoms with Gasteiger partial charge < -0.3 is 5.73 Å². The van der Waals surface area contributed by atoms with E-state index in [2.05, 4.69) is 51.1 Å². The predicted octanol–water partition coefficient (Wildman–Crippen LogP) is 3.88. The molecule has 17 heavy (non-hydrogen) atoms. The van der Waals surface area contributed by atoms with Crippen LogP contribution in [0.1, 0.15) is 30.5 Å². The number of aryl methyl sites for hydroxylation is 1. The van der Waals surface area contributed by atoms with E-state index in [1.807, 2.05) is 6.07 Å². The molecule has 0 radical (unpaired) electrons. The summed E-state index contributed by atoms with van der Waals surface area (Å²) < 4.78 is 0. The van der Waals surface area contributed by atoms with Crippen molar-refractivity contribution in [1.29, 1.82) is 0 Å². The summed E-state index contributed by atoms with van der Waals surface area (Å²) in [5.41, 5.74) is 13.6. The summed E-state index contributed by atoms with van der Waals surface area (Å²) in [5.74, 6) is 0. The Labute approximate surface area is 102 Å². The first kappa shape index (κ1) is 10.4. The van der Waals surface area contributed by atoms with Gasteiger partial charge in [-0.2, -0.15) is 0 Å². The van der Waals surface area contributed by atoms with Crippen molar-refractivity contribution in [3.63, 3.8) is 0 Å². The van der Waals surface area contributed by atoms with E-state index in [-0.39, 0.29) is 5.41 Å². The zero-order chi connectivity index (χ0) is 12.2. The van der Waals surface area contributed by atoms with Crippen molar-refractivity contribution >= 4 is 5.69 Å². The standard InChI is InChI=1S/C16H17N/c1-10-4-6-12-13-9-11(17)5-7-14(13)16(2,3)15(12)8-10/h4-9H,17H2,1-3H3. The van der Waals surface area contributed by atoms with Crippen LogP contribution >= 0.6 is 0 Å². The Hall–Kier alpha value is -1.76. The minimum absolute atomic E-state index is 0.0877. The zero-order valence-electron chi connectivity index (χ0n) is 10.5. The number of anilines is 1. The normalized spacial score (nSPS) is 15.5. The van der Waals surface area contributed by atoms with Crippen molar-refractivity contribution in [2.24, 2.45) is 0 Å². The highest BCUT2D eigenvalue weighted by Gasteiger charge is 2.35. The van der Waals surface area contributed by atoms with Crippen molar-refractivity contribution in [3.05, 3.63) is 53.1 Å². The minimum Gasteiger partial charge on any atom is -0.399 e. The van der Waals surface area contributed by atoms with Crippen molar-refractivity contribution < 1.29 is 0 Å². The molecule has 3 rings (SSSR count). The fourth-order valence-corrected chi connectivity index (χ4v) is 2.88. The Bertz CT molecular complexity index is 609. The largest absolute Gasteiger partial charge is 0.399 e. The molecule has 0 bridgehead atoms. The van der Waals surface area contributed by atoms with Crippen LogP contribution in [0.25, 0.3) is 11.1 Å². The van der Waals surface area contributed by atoms with E-state index in [0.29, 0.717) is 0 Å². The Kier molecular flexibility index (Phi) is 1.91. The number of hydrogen-bond donors (Lipinski definition) is 1. The van der Waals surface area contributed by atoms with Gasteiger partial charge in [-0.25, -0.2) is 0 Å². The van der Waals surface area contributed by atoms with Crippen molar-refractivity contribution in [3.8, 4) is 11.1 Å². The Morgan fingerprint density at radius 3 is 2.41 bits per heavy atom. The number of rotatable bonds is 0. The van der Waals surface area contributed by atoms with E-state index in [1.165, 1.54) is 27.8 Å². The first-order chi connectivity index (χ1) is 8.00. The van der Waals surface area contributed by atoms with Crippen molar-refractivity contribution in [2.75, 3.05) is 5.73 Å². The third kappa shape index (κ3) is 1.32. The highest BCUT2D eigenvalue weighted by atomic mass is 14.5. The number of nitrogens with two attached hydrogens (primary N) is 1. The number of benzene rings is 2. The molecule has 2 N–H and O–H groups in total. The maximum atomic E-state index is 5.91. The van der Waals surface area contributed by atoms with Gasteiger partial charge >= 0.3 is 0 Å². The Balaban J connectivity index is 2.38. The lowest BCUT2D eigenvalue weighted by Gasteiger charge is -2.21. The third-order valence-electron chi connectivity index (χ3n) is 3.86. The molecule has 0 amide bonds. The molecule has 0 saturated carbocycles. The number of nitrogen functional groups attached to an aromatic ring is 1. The molecule has 0 saturated heterocycles. The molecule has 0 spiro atoms. The summed E-state index contributed by atoms with van der Waals surface area (Å²) in [4.78, 5) is 0. The van der Waals surface area contributed by atoms with E-state index in [9.17, 15) is 0 Å². The lowest BCUT2D eigenvalue weighted by Crippen LogP contribution is -2.15. The number of fused-ring (bicyclic) bond motifs is 3. The summed E-state index contributed by atoms with van der Waals surface area (Å²) in [6, 6.07) is 13.0. The van der Waals surface area contributed by atoms with Gasteiger partial charge in [-0.3, -0.25) is 0 Å². The van der Waals surface area contributed by atoms with Crippen LogP contribution in [0.3, 0.4) is 0 Å². The summed E-state index contributed by atoms with van der Waals surface area (Å²) in [5, 5.41) is 0. The minimum atomic E-state index is 0.0877. The number of hydrogen-bond acceptors (Lipinski definition) is 1. The lowest BCUT2D eigenvalue weighted by atomic mass is 9.82. The second kappa shape index (κ2) is 3.13. The van der Waals surface area contributed by atoms with Crippen LogP contribution in [-0.2, 0) is 5.41 Å².